The van der Waals surface area contributed by atoms with E-state index in [-0.39, 0.29) is 16.9 Å². The Morgan fingerprint density at radius 2 is 1.33 bits per heavy atom. The molecule has 0 aliphatic carbocycles. The first-order chi connectivity index (χ1) is 15.8. The molecule has 1 fully saturated rings. The molecule has 1 saturated heterocycles. The smallest absolute Gasteiger partial charge is 0.416 e. The first-order valence-corrected chi connectivity index (χ1v) is 11.2. The number of hydrogen-bond acceptors (Lipinski definition) is 3. The first kappa shape index (κ1) is 23.2. The van der Waals surface area contributed by atoms with Crippen LogP contribution in [0.3, 0.4) is 0 Å². The molecule has 0 atom stereocenters. The second kappa shape index (κ2) is 9.48. The molecule has 174 valence electrons. The van der Waals surface area contributed by atoms with Crippen molar-refractivity contribution in [2.75, 3.05) is 19.6 Å². The van der Waals surface area contributed by atoms with Crippen molar-refractivity contribution in [1.82, 2.24) is 4.90 Å². The van der Waals surface area contributed by atoms with Gasteiger partial charge in [0.25, 0.3) is 0 Å². The summed E-state index contributed by atoms with van der Waals surface area (Å²) < 4.78 is 40.0. The standard InChI is InChI=1S/C27H28F3NO2/c28-27(29,30)22-9-3-1-7-20(22)13-16-31-17-14-26(15-18-31,23-10-4-6-12-25(23)33)19-21-8-2-5-11-24(21)32/h1-12,32-33H,13-19H2. The Hall–Kier alpha value is -2.99. The highest BCUT2D eigenvalue weighted by Crippen LogP contribution is 2.43. The third-order valence-corrected chi connectivity index (χ3v) is 6.83. The van der Waals surface area contributed by atoms with Gasteiger partial charge >= 0.3 is 6.18 Å². The number of rotatable bonds is 6. The highest BCUT2D eigenvalue weighted by molar-refractivity contribution is 5.43. The Bertz CT molecular complexity index is 1090. The van der Waals surface area contributed by atoms with E-state index in [2.05, 4.69) is 4.90 Å². The lowest BCUT2D eigenvalue weighted by Crippen LogP contribution is -2.44. The second-order valence-corrected chi connectivity index (χ2v) is 8.85. The van der Waals surface area contributed by atoms with E-state index in [1.165, 1.54) is 6.07 Å². The monoisotopic (exact) mass is 455 g/mol. The van der Waals surface area contributed by atoms with E-state index in [4.69, 9.17) is 0 Å². The van der Waals surface area contributed by atoms with Crippen LogP contribution < -0.4 is 0 Å². The zero-order valence-electron chi connectivity index (χ0n) is 18.4. The van der Waals surface area contributed by atoms with Crippen LogP contribution in [0.5, 0.6) is 11.5 Å². The van der Waals surface area contributed by atoms with Gasteiger partial charge in [-0.2, -0.15) is 13.2 Å². The van der Waals surface area contributed by atoms with Crippen molar-refractivity contribution in [3.63, 3.8) is 0 Å². The van der Waals surface area contributed by atoms with Crippen molar-refractivity contribution < 1.29 is 23.4 Å². The second-order valence-electron chi connectivity index (χ2n) is 8.85. The van der Waals surface area contributed by atoms with E-state index >= 15 is 0 Å². The highest BCUT2D eigenvalue weighted by atomic mass is 19.4. The van der Waals surface area contributed by atoms with Crippen LogP contribution in [0, 0.1) is 0 Å². The van der Waals surface area contributed by atoms with E-state index in [1.54, 1.807) is 36.4 Å². The lowest BCUT2D eigenvalue weighted by molar-refractivity contribution is -0.138. The van der Waals surface area contributed by atoms with Gasteiger partial charge in [-0.3, -0.25) is 0 Å². The summed E-state index contributed by atoms with van der Waals surface area (Å²) in [6.07, 6.45) is -1.96. The van der Waals surface area contributed by atoms with Gasteiger partial charge in [0.1, 0.15) is 11.5 Å². The molecule has 2 N–H and O–H groups in total. The Kier molecular flexibility index (Phi) is 6.66. The molecule has 3 aromatic rings. The largest absolute Gasteiger partial charge is 0.508 e. The maximum atomic E-state index is 13.3. The fourth-order valence-electron chi connectivity index (χ4n) is 4.99. The van der Waals surface area contributed by atoms with Gasteiger partial charge in [0, 0.05) is 17.5 Å². The minimum Gasteiger partial charge on any atom is -0.508 e. The third-order valence-electron chi connectivity index (χ3n) is 6.83. The molecule has 4 rings (SSSR count). The van der Waals surface area contributed by atoms with Crippen molar-refractivity contribution in [3.05, 3.63) is 95.1 Å². The van der Waals surface area contributed by atoms with E-state index in [0.717, 1.165) is 30.0 Å². The number of hydrogen-bond donors (Lipinski definition) is 2. The molecule has 33 heavy (non-hydrogen) atoms. The number of halogens is 3. The summed E-state index contributed by atoms with van der Waals surface area (Å²) in [5.41, 5.74) is 1.08. The Morgan fingerprint density at radius 3 is 1.97 bits per heavy atom. The third kappa shape index (κ3) is 5.17. The molecule has 0 bridgehead atoms. The lowest BCUT2D eigenvalue weighted by Gasteiger charge is -2.43. The Balaban J connectivity index is 1.51. The number of benzene rings is 3. The van der Waals surface area contributed by atoms with Crippen LogP contribution in [0.25, 0.3) is 0 Å². The maximum absolute atomic E-state index is 13.3. The van der Waals surface area contributed by atoms with Gasteiger partial charge in [0.15, 0.2) is 0 Å². The van der Waals surface area contributed by atoms with Crippen molar-refractivity contribution in [2.24, 2.45) is 0 Å². The predicted molar refractivity (Wildman–Crippen MR) is 122 cm³/mol. The molecule has 6 heteroatoms. The molecule has 0 amide bonds. The highest BCUT2D eigenvalue weighted by Gasteiger charge is 2.39. The zero-order valence-corrected chi connectivity index (χ0v) is 18.4. The van der Waals surface area contributed by atoms with Crippen molar-refractivity contribution >= 4 is 0 Å². The van der Waals surface area contributed by atoms with Crippen LogP contribution in [0.2, 0.25) is 0 Å². The molecule has 0 saturated carbocycles. The maximum Gasteiger partial charge on any atom is 0.416 e. The SMILES string of the molecule is Oc1ccccc1CC1(c2ccccc2O)CCN(CCc2ccccc2C(F)(F)F)CC1. The van der Waals surface area contributed by atoms with Crippen LogP contribution in [0.1, 0.15) is 35.1 Å². The Labute approximate surface area is 192 Å². The summed E-state index contributed by atoms with van der Waals surface area (Å²) in [7, 11) is 0. The summed E-state index contributed by atoms with van der Waals surface area (Å²) in [4.78, 5) is 2.19. The molecule has 0 radical (unpaired) electrons. The molecular weight excluding hydrogens is 427 g/mol. The number of phenols is 2. The molecule has 1 heterocycles. The zero-order chi connectivity index (χ0) is 23.5. The summed E-state index contributed by atoms with van der Waals surface area (Å²) >= 11 is 0. The molecule has 1 aliphatic rings. The average molecular weight is 456 g/mol. The number of nitrogens with zero attached hydrogens (tertiary/aromatic N) is 1. The number of alkyl halides is 3. The lowest BCUT2D eigenvalue weighted by atomic mass is 9.68. The minimum absolute atomic E-state index is 0.235. The van der Waals surface area contributed by atoms with E-state index < -0.39 is 11.7 Å². The summed E-state index contributed by atoms with van der Waals surface area (Å²) in [6.45, 7) is 1.95. The summed E-state index contributed by atoms with van der Waals surface area (Å²) in [6, 6.07) is 20.3. The van der Waals surface area contributed by atoms with Gasteiger partial charge in [-0.15, -0.1) is 0 Å². The van der Waals surface area contributed by atoms with Crippen LogP contribution in [0.15, 0.2) is 72.8 Å². The quantitative estimate of drug-likeness (QED) is 0.484. The molecule has 1 aliphatic heterocycles. The molecule has 0 unspecified atom stereocenters. The minimum atomic E-state index is -4.35. The van der Waals surface area contributed by atoms with Gasteiger partial charge in [0.05, 0.1) is 5.56 Å². The van der Waals surface area contributed by atoms with E-state index in [9.17, 15) is 23.4 Å². The average Bonchev–Trinajstić information content (AvgIpc) is 2.80. The van der Waals surface area contributed by atoms with Crippen LogP contribution in [-0.4, -0.2) is 34.7 Å². The van der Waals surface area contributed by atoms with E-state index in [0.29, 0.717) is 38.0 Å². The van der Waals surface area contributed by atoms with Crippen molar-refractivity contribution in [2.45, 2.75) is 37.3 Å². The fourth-order valence-corrected chi connectivity index (χ4v) is 4.99. The fraction of sp³-hybridized carbons (Fsp3) is 0.333. The molecule has 0 aromatic heterocycles. The van der Waals surface area contributed by atoms with Gasteiger partial charge in [-0.05, 0) is 68.1 Å². The topological polar surface area (TPSA) is 43.7 Å². The van der Waals surface area contributed by atoms with Gasteiger partial charge < -0.3 is 15.1 Å². The van der Waals surface area contributed by atoms with Crippen LogP contribution in [0.4, 0.5) is 13.2 Å². The van der Waals surface area contributed by atoms with Gasteiger partial charge in [-0.1, -0.05) is 54.6 Å². The molecular formula is C27H28F3NO2. The Morgan fingerprint density at radius 1 is 0.758 bits per heavy atom. The molecule has 3 aromatic carbocycles. The molecule has 3 nitrogen and oxygen atoms in total. The van der Waals surface area contributed by atoms with E-state index in [1.807, 2.05) is 24.3 Å². The van der Waals surface area contributed by atoms with Crippen molar-refractivity contribution in [1.29, 1.82) is 0 Å². The number of para-hydroxylation sites is 2. The van der Waals surface area contributed by atoms with Gasteiger partial charge in [-0.25, -0.2) is 0 Å². The first-order valence-electron chi connectivity index (χ1n) is 11.2. The number of phenolic OH excluding ortho intramolecular Hbond substituents is 2. The van der Waals surface area contributed by atoms with Gasteiger partial charge in [0.2, 0.25) is 0 Å². The van der Waals surface area contributed by atoms with Crippen LogP contribution in [-0.2, 0) is 24.4 Å². The van der Waals surface area contributed by atoms with Crippen LogP contribution >= 0.6 is 0 Å². The number of aromatic hydroxyl groups is 2. The normalized spacial score (nSPS) is 16.6. The number of piperidine rings is 1. The summed E-state index contributed by atoms with van der Waals surface area (Å²) in [5.74, 6) is 0.471. The molecule has 0 spiro atoms. The summed E-state index contributed by atoms with van der Waals surface area (Å²) in [5, 5.41) is 21.0. The van der Waals surface area contributed by atoms with Crippen molar-refractivity contribution in [3.8, 4) is 11.5 Å². The predicted octanol–water partition coefficient (Wildman–Crippen LogP) is 5.94. The number of likely N-dealkylation sites (tertiary alicyclic amines) is 1.